The second-order valence-corrected chi connectivity index (χ2v) is 6.13. The quantitative estimate of drug-likeness (QED) is 0.866. The van der Waals surface area contributed by atoms with Crippen LogP contribution in [-0.4, -0.2) is 27.5 Å². The fourth-order valence-corrected chi connectivity index (χ4v) is 2.16. The van der Waals surface area contributed by atoms with Gasteiger partial charge in [-0.15, -0.1) is 0 Å². The molecular formula is C15H19FN2O3. The minimum absolute atomic E-state index is 0.151. The van der Waals surface area contributed by atoms with Gasteiger partial charge in [0.2, 0.25) is 0 Å². The van der Waals surface area contributed by atoms with Crippen molar-refractivity contribution in [3.8, 4) is 0 Å². The summed E-state index contributed by atoms with van der Waals surface area (Å²) in [4.78, 5) is 12.2. The Bertz CT molecular complexity index is 578. The Kier molecular flexibility index (Phi) is 3.76. The predicted octanol–water partition coefficient (Wildman–Crippen LogP) is 2.99. The second kappa shape index (κ2) is 5.11. The molecule has 1 aliphatic heterocycles. The number of benzene rings is 1. The van der Waals surface area contributed by atoms with Crippen molar-refractivity contribution in [1.29, 1.82) is 0 Å². The van der Waals surface area contributed by atoms with Crippen LogP contribution < -0.4 is 0 Å². The maximum atomic E-state index is 13.0. The van der Waals surface area contributed by atoms with Crippen LogP contribution in [0.15, 0.2) is 29.4 Å². The normalized spacial score (nSPS) is 22.2. The summed E-state index contributed by atoms with van der Waals surface area (Å²) in [5, 5.41) is 15.8. The Morgan fingerprint density at radius 2 is 1.95 bits per heavy atom. The van der Waals surface area contributed by atoms with Crippen LogP contribution in [0.5, 0.6) is 0 Å². The van der Waals surface area contributed by atoms with E-state index < -0.39 is 23.2 Å². The molecule has 5 nitrogen and oxygen atoms in total. The number of ether oxygens (including phenoxy) is 1. The standard InChI is InChI=1S/C15H19FN2O3/c1-10-9-15(20,11-5-7-12(16)8-6-11)18(17-10)13(19)21-14(2,3)4/h5-8,20H,9H2,1-4H3/t15-/m1/s1. The van der Waals surface area contributed by atoms with Crippen LogP contribution in [0.1, 0.15) is 39.7 Å². The third kappa shape index (κ3) is 3.21. The lowest BCUT2D eigenvalue weighted by Crippen LogP contribution is -2.45. The summed E-state index contributed by atoms with van der Waals surface area (Å²) in [5.74, 6) is -0.415. The van der Waals surface area contributed by atoms with E-state index in [4.69, 9.17) is 4.74 Å². The first kappa shape index (κ1) is 15.4. The second-order valence-electron chi connectivity index (χ2n) is 6.13. The third-order valence-electron chi connectivity index (χ3n) is 3.00. The van der Waals surface area contributed by atoms with Gasteiger partial charge in [-0.2, -0.15) is 10.1 Å². The molecule has 1 heterocycles. The van der Waals surface area contributed by atoms with Crippen LogP contribution in [0, 0.1) is 5.82 Å². The number of hydrogen-bond donors (Lipinski definition) is 1. The molecule has 0 saturated heterocycles. The van der Waals surface area contributed by atoms with E-state index in [1.165, 1.54) is 24.3 Å². The third-order valence-corrected chi connectivity index (χ3v) is 3.00. The number of carbonyl (C=O) groups is 1. The lowest BCUT2D eigenvalue weighted by Gasteiger charge is -2.32. The van der Waals surface area contributed by atoms with E-state index in [0.717, 1.165) is 5.01 Å². The summed E-state index contributed by atoms with van der Waals surface area (Å²) in [6.45, 7) is 6.90. The van der Waals surface area contributed by atoms with Gasteiger partial charge < -0.3 is 9.84 Å². The average molecular weight is 294 g/mol. The topological polar surface area (TPSA) is 62.1 Å². The van der Waals surface area contributed by atoms with Gasteiger partial charge in [0.25, 0.3) is 0 Å². The summed E-state index contributed by atoms with van der Waals surface area (Å²) in [5.41, 5.74) is -1.38. The van der Waals surface area contributed by atoms with E-state index in [-0.39, 0.29) is 6.42 Å². The molecule has 2 rings (SSSR count). The van der Waals surface area contributed by atoms with Crippen molar-refractivity contribution in [3.63, 3.8) is 0 Å². The zero-order chi connectivity index (χ0) is 15.8. The van der Waals surface area contributed by atoms with Gasteiger partial charge in [0, 0.05) is 17.7 Å². The van der Waals surface area contributed by atoms with Gasteiger partial charge in [-0.3, -0.25) is 0 Å². The molecule has 1 atom stereocenters. The van der Waals surface area contributed by atoms with Gasteiger partial charge >= 0.3 is 6.09 Å². The Labute approximate surface area is 123 Å². The molecule has 0 saturated carbocycles. The number of hydrogen-bond acceptors (Lipinski definition) is 4. The van der Waals surface area contributed by atoms with E-state index in [1.807, 2.05) is 0 Å². The summed E-state index contributed by atoms with van der Waals surface area (Å²) in [6, 6.07) is 5.32. The van der Waals surface area contributed by atoms with Gasteiger partial charge in [-0.1, -0.05) is 12.1 Å². The zero-order valence-corrected chi connectivity index (χ0v) is 12.6. The molecule has 1 aliphatic rings. The SMILES string of the molecule is CC1=NN(C(=O)OC(C)(C)C)[C@](O)(c2ccc(F)cc2)C1. The molecule has 0 unspecified atom stereocenters. The van der Waals surface area contributed by atoms with Gasteiger partial charge in [0.15, 0.2) is 5.72 Å². The molecule has 1 amide bonds. The maximum Gasteiger partial charge on any atom is 0.433 e. The minimum Gasteiger partial charge on any atom is -0.442 e. The maximum absolute atomic E-state index is 13.0. The predicted molar refractivity (Wildman–Crippen MR) is 76.1 cm³/mol. The van der Waals surface area contributed by atoms with Crippen molar-refractivity contribution >= 4 is 11.8 Å². The molecule has 0 radical (unpaired) electrons. The van der Waals surface area contributed by atoms with E-state index in [9.17, 15) is 14.3 Å². The highest BCUT2D eigenvalue weighted by Gasteiger charge is 2.46. The van der Waals surface area contributed by atoms with Crippen LogP contribution in [0.25, 0.3) is 0 Å². The lowest BCUT2D eigenvalue weighted by molar-refractivity contribution is -0.0975. The van der Waals surface area contributed by atoms with Crippen molar-refractivity contribution in [2.75, 3.05) is 0 Å². The van der Waals surface area contributed by atoms with Crippen LogP contribution in [0.3, 0.4) is 0 Å². The summed E-state index contributed by atoms with van der Waals surface area (Å²) in [7, 11) is 0. The summed E-state index contributed by atoms with van der Waals surface area (Å²) in [6.07, 6.45) is -0.594. The highest BCUT2D eigenvalue weighted by Crippen LogP contribution is 2.36. The van der Waals surface area contributed by atoms with Crippen LogP contribution >= 0.6 is 0 Å². The fraction of sp³-hybridized carbons (Fsp3) is 0.467. The molecule has 1 N–H and O–H groups in total. The molecule has 0 aromatic heterocycles. The summed E-state index contributed by atoms with van der Waals surface area (Å²) >= 11 is 0. The first-order chi connectivity index (χ1) is 9.62. The van der Waals surface area contributed by atoms with Crippen molar-refractivity contribution in [2.24, 2.45) is 5.10 Å². The van der Waals surface area contributed by atoms with E-state index in [1.54, 1.807) is 27.7 Å². The van der Waals surface area contributed by atoms with Gasteiger partial charge in [-0.25, -0.2) is 9.18 Å². The van der Waals surface area contributed by atoms with Crippen LogP contribution in [0.2, 0.25) is 0 Å². The Hall–Kier alpha value is -1.95. The largest absolute Gasteiger partial charge is 0.442 e. The van der Waals surface area contributed by atoms with Crippen molar-refractivity contribution in [1.82, 2.24) is 5.01 Å². The number of rotatable bonds is 1. The number of amides is 1. The fourth-order valence-electron chi connectivity index (χ4n) is 2.16. The number of halogens is 1. The molecule has 1 aromatic carbocycles. The Morgan fingerprint density at radius 3 is 2.48 bits per heavy atom. The van der Waals surface area contributed by atoms with Crippen LogP contribution in [-0.2, 0) is 10.5 Å². The van der Waals surface area contributed by atoms with Crippen molar-refractivity contribution in [2.45, 2.75) is 45.4 Å². The monoisotopic (exact) mass is 294 g/mol. The molecule has 0 aliphatic carbocycles. The first-order valence-corrected chi connectivity index (χ1v) is 6.67. The van der Waals surface area contributed by atoms with E-state index in [0.29, 0.717) is 11.3 Å². The lowest BCUT2D eigenvalue weighted by atomic mass is 9.98. The molecule has 0 spiro atoms. The highest BCUT2D eigenvalue weighted by molar-refractivity contribution is 5.87. The Balaban J connectivity index is 2.33. The number of carbonyl (C=O) groups excluding carboxylic acids is 1. The van der Waals surface area contributed by atoms with Crippen LogP contribution in [0.4, 0.5) is 9.18 Å². The molecule has 114 valence electrons. The van der Waals surface area contributed by atoms with Gasteiger partial charge in [0.05, 0.1) is 0 Å². The molecule has 0 bridgehead atoms. The molecular weight excluding hydrogens is 275 g/mol. The van der Waals surface area contributed by atoms with Gasteiger partial charge in [-0.05, 0) is 39.8 Å². The van der Waals surface area contributed by atoms with E-state index >= 15 is 0 Å². The first-order valence-electron chi connectivity index (χ1n) is 6.67. The average Bonchev–Trinajstić information content (AvgIpc) is 2.64. The van der Waals surface area contributed by atoms with E-state index in [2.05, 4.69) is 5.10 Å². The van der Waals surface area contributed by atoms with Crippen molar-refractivity contribution in [3.05, 3.63) is 35.6 Å². The smallest absolute Gasteiger partial charge is 0.433 e. The number of aliphatic hydroxyl groups is 1. The Morgan fingerprint density at radius 1 is 1.38 bits per heavy atom. The molecule has 21 heavy (non-hydrogen) atoms. The molecule has 1 aromatic rings. The minimum atomic E-state index is -1.65. The number of nitrogens with zero attached hydrogens (tertiary/aromatic N) is 2. The zero-order valence-electron chi connectivity index (χ0n) is 12.6. The molecule has 6 heteroatoms. The van der Waals surface area contributed by atoms with Crippen molar-refractivity contribution < 1.29 is 19.0 Å². The molecule has 0 fully saturated rings. The van der Waals surface area contributed by atoms with Gasteiger partial charge in [0.1, 0.15) is 11.4 Å². The number of hydrazone groups is 1. The highest BCUT2D eigenvalue weighted by atomic mass is 19.1. The summed E-state index contributed by atoms with van der Waals surface area (Å²) < 4.78 is 18.3.